The molecule has 0 aromatic rings. The number of carboxylic acid groups (broad SMARTS) is 1. The SMILES string of the molecule is COC1=CC(C=CC(=O)O)CC(OC)=C1O. The van der Waals surface area contributed by atoms with Gasteiger partial charge in [-0.2, -0.15) is 0 Å². The van der Waals surface area contributed by atoms with Gasteiger partial charge in [-0.15, -0.1) is 0 Å². The maximum Gasteiger partial charge on any atom is 0.327 e. The highest BCUT2D eigenvalue weighted by atomic mass is 16.5. The Labute approximate surface area is 93.3 Å². The third kappa shape index (κ3) is 2.79. The lowest BCUT2D eigenvalue weighted by atomic mass is 9.97. The Morgan fingerprint density at radius 3 is 2.69 bits per heavy atom. The van der Waals surface area contributed by atoms with Gasteiger partial charge in [-0.05, 0) is 6.08 Å². The first-order valence-electron chi connectivity index (χ1n) is 4.72. The molecule has 88 valence electrons. The Morgan fingerprint density at radius 2 is 2.19 bits per heavy atom. The van der Waals surface area contributed by atoms with Gasteiger partial charge in [0.2, 0.25) is 0 Å². The second-order valence-electron chi connectivity index (χ2n) is 3.28. The zero-order valence-electron chi connectivity index (χ0n) is 9.14. The van der Waals surface area contributed by atoms with Crippen LogP contribution < -0.4 is 0 Å². The number of aliphatic hydroxyl groups is 1. The molecular weight excluding hydrogens is 212 g/mol. The fourth-order valence-electron chi connectivity index (χ4n) is 1.45. The minimum absolute atomic E-state index is 0.0371. The van der Waals surface area contributed by atoms with Crippen LogP contribution in [0.5, 0.6) is 0 Å². The Kier molecular flexibility index (Phi) is 3.99. The van der Waals surface area contributed by atoms with Crippen LogP contribution in [0.1, 0.15) is 6.42 Å². The van der Waals surface area contributed by atoms with E-state index < -0.39 is 5.97 Å². The molecule has 1 aliphatic carbocycles. The molecule has 16 heavy (non-hydrogen) atoms. The highest BCUT2D eigenvalue weighted by Gasteiger charge is 2.22. The Morgan fingerprint density at radius 1 is 1.50 bits per heavy atom. The van der Waals surface area contributed by atoms with E-state index in [1.807, 2.05) is 0 Å². The molecule has 0 saturated carbocycles. The maximum atomic E-state index is 10.4. The van der Waals surface area contributed by atoms with Crippen molar-refractivity contribution in [1.29, 1.82) is 0 Å². The molecule has 1 unspecified atom stereocenters. The summed E-state index contributed by atoms with van der Waals surface area (Å²) in [4.78, 5) is 10.4. The van der Waals surface area contributed by atoms with Gasteiger partial charge in [0.05, 0.1) is 14.2 Å². The monoisotopic (exact) mass is 226 g/mol. The number of methoxy groups -OCH3 is 2. The van der Waals surface area contributed by atoms with Crippen molar-refractivity contribution in [1.82, 2.24) is 0 Å². The van der Waals surface area contributed by atoms with Crippen molar-refractivity contribution in [3.05, 3.63) is 35.5 Å². The van der Waals surface area contributed by atoms with Crippen LogP contribution in [-0.4, -0.2) is 30.4 Å². The highest BCUT2D eigenvalue weighted by Crippen LogP contribution is 2.28. The minimum atomic E-state index is -1.01. The van der Waals surface area contributed by atoms with E-state index >= 15 is 0 Å². The van der Waals surface area contributed by atoms with E-state index in [0.29, 0.717) is 17.9 Å². The summed E-state index contributed by atoms with van der Waals surface area (Å²) in [6.07, 6.45) is 4.65. The van der Waals surface area contributed by atoms with E-state index in [9.17, 15) is 9.90 Å². The van der Waals surface area contributed by atoms with Crippen LogP contribution >= 0.6 is 0 Å². The fourth-order valence-corrected chi connectivity index (χ4v) is 1.45. The lowest BCUT2D eigenvalue weighted by Crippen LogP contribution is -2.11. The van der Waals surface area contributed by atoms with Crippen molar-refractivity contribution in [3.63, 3.8) is 0 Å². The summed E-state index contributed by atoms with van der Waals surface area (Å²) < 4.78 is 9.96. The minimum Gasteiger partial charge on any atom is -0.502 e. The average Bonchev–Trinajstić information content (AvgIpc) is 2.27. The number of carboxylic acids is 1. The third-order valence-corrected chi connectivity index (χ3v) is 2.24. The van der Waals surface area contributed by atoms with Gasteiger partial charge >= 0.3 is 5.97 Å². The predicted octanol–water partition coefficient (Wildman–Crippen LogP) is 1.59. The third-order valence-electron chi connectivity index (χ3n) is 2.24. The molecule has 0 aromatic heterocycles. The van der Waals surface area contributed by atoms with E-state index in [0.717, 1.165) is 6.08 Å². The second kappa shape index (κ2) is 5.25. The highest BCUT2D eigenvalue weighted by molar-refractivity contribution is 5.79. The van der Waals surface area contributed by atoms with Gasteiger partial charge < -0.3 is 19.7 Å². The van der Waals surface area contributed by atoms with Crippen LogP contribution in [0.4, 0.5) is 0 Å². The van der Waals surface area contributed by atoms with Gasteiger partial charge in [0.1, 0.15) is 5.76 Å². The van der Waals surface area contributed by atoms with Gasteiger partial charge in [0.15, 0.2) is 11.5 Å². The van der Waals surface area contributed by atoms with Gasteiger partial charge in [-0.25, -0.2) is 4.79 Å². The van der Waals surface area contributed by atoms with Crippen LogP contribution in [0.3, 0.4) is 0 Å². The number of carbonyl (C=O) groups is 1. The van der Waals surface area contributed by atoms with Crippen molar-refractivity contribution < 1.29 is 24.5 Å². The summed E-state index contributed by atoms with van der Waals surface area (Å²) in [6, 6.07) is 0. The largest absolute Gasteiger partial charge is 0.502 e. The molecule has 0 aliphatic heterocycles. The predicted molar refractivity (Wildman–Crippen MR) is 56.6 cm³/mol. The molecule has 0 bridgehead atoms. The van der Waals surface area contributed by atoms with Gasteiger partial charge in [0.25, 0.3) is 0 Å². The first-order valence-corrected chi connectivity index (χ1v) is 4.72. The Balaban J connectivity index is 2.88. The molecule has 5 nitrogen and oxygen atoms in total. The molecule has 1 rings (SSSR count). The van der Waals surface area contributed by atoms with Crippen LogP contribution in [-0.2, 0) is 14.3 Å². The summed E-state index contributed by atoms with van der Waals surface area (Å²) in [6.45, 7) is 0. The summed E-state index contributed by atoms with van der Waals surface area (Å²) in [5.74, 6) is -0.519. The smallest absolute Gasteiger partial charge is 0.327 e. The second-order valence-corrected chi connectivity index (χ2v) is 3.28. The quantitative estimate of drug-likeness (QED) is 0.712. The molecule has 2 N–H and O–H groups in total. The van der Waals surface area contributed by atoms with Gasteiger partial charge in [-0.3, -0.25) is 0 Å². The Hall–Kier alpha value is -1.91. The average molecular weight is 226 g/mol. The van der Waals surface area contributed by atoms with E-state index in [-0.39, 0.29) is 11.7 Å². The number of aliphatic carboxylic acids is 1. The molecule has 0 amide bonds. The molecule has 5 heteroatoms. The van der Waals surface area contributed by atoms with Gasteiger partial charge in [-0.1, -0.05) is 6.08 Å². The number of allylic oxidation sites excluding steroid dienone is 3. The van der Waals surface area contributed by atoms with Crippen LogP contribution in [0.15, 0.2) is 35.5 Å². The summed E-state index contributed by atoms with van der Waals surface area (Å²) in [5.41, 5.74) is 0. The first-order chi connectivity index (χ1) is 7.58. The van der Waals surface area contributed by atoms with Crippen LogP contribution in [0.25, 0.3) is 0 Å². The zero-order chi connectivity index (χ0) is 12.1. The van der Waals surface area contributed by atoms with Crippen LogP contribution in [0, 0.1) is 5.92 Å². The summed E-state index contributed by atoms with van der Waals surface area (Å²) >= 11 is 0. The normalized spacial score (nSPS) is 20.9. The Bertz CT molecular complexity index is 365. The lowest BCUT2D eigenvalue weighted by molar-refractivity contribution is -0.131. The first kappa shape index (κ1) is 12.2. The number of rotatable bonds is 4. The summed E-state index contributed by atoms with van der Waals surface area (Å²) in [5, 5.41) is 18.2. The van der Waals surface area contributed by atoms with Crippen LogP contribution in [0.2, 0.25) is 0 Å². The molecule has 0 fully saturated rings. The molecule has 1 atom stereocenters. The fraction of sp³-hybridized carbons (Fsp3) is 0.364. The number of hydrogen-bond acceptors (Lipinski definition) is 4. The van der Waals surface area contributed by atoms with E-state index in [1.54, 1.807) is 6.08 Å². The molecule has 0 heterocycles. The molecular formula is C11H14O5. The maximum absolute atomic E-state index is 10.4. The molecule has 0 radical (unpaired) electrons. The van der Waals surface area contributed by atoms with Gasteiger partial charge in [0, 0.05) is 18.4 Å². The van der Waals surface area contributed by atoms with Crippen molar-refractivity contribution in [2.75, 3.05) is 14.2 Å². The number of hydrogen-bond donors (Lipinski definition) is 2. The van der Waals surface area contributed by atoms with Crippen molar-refractivity contribution >= 4 is 5.97 Å². The summed E-state index contributed by atoms with van der Waals surface area (Å²) in [7, 11) is 2.88. The molecule has 0 saturated heterocycles. The topological polar surface area (TPSA) is 76.0 Å². The lowest BCUT2D eigenvalue weighted by Gasteiger charge is -2.20. The van der Waals surface area contributed by atoms with Crippen molar-refractivity contribution in [3.8, 4) is 0 Å². The molecule has 0 spiro atoms. The molecule has 1 aliphatic rings. The van der Waals surface area contributed by atoms with E-state index in [2.05, 4.69) is 0 Å². The zero-order valence-corrected chi connectivity index (χ0v) is 9.14. The molecule has 0 aromatic carbocycles. The van der Waals surface area contributed by atoms with Crippen molar-refractivity contribution in [2.24, 2.45) is 5.92 Å². The van der Waals surface area contributed by atoms with E-state index in [4.69, 9.17) is 14.6 Å². The number of ether oxygens (including phenoxy) is 2. The van der Waals surface area contributed by atoms with E-state index in [1.165, 1.54) is 20.3 Å². The standard InChI is InChI=1S/C11H14O5/c1-15-8-5-7(3-4-10(12)13)6-9(16-2)11(8)14/h3-5,7,14H,6H2,1-2H3,(H,12,13). The van der Waals surface area contributed by atoms with Crippen molar-refractivity contribution in [2.45, 2.75) is 6.42 Å². The number of aliphatic hydroxyl groups excluding tert-OH is 1.